The maximum atomic E-state index is 11.8. The van der Waals surface area contributed by atoms with Gasteiger partial charge >= 0.3 is 0 Å². The van der Waals surface area contributed by atoms with Crippen LogP contribution < -0.4 is 5.32 Å². The van der Waals surface area contributed by atoms with E-state index in [1.807, 2.05) is 6.92 Å². The summed E-state index contributed by atoms with van der Waals surface area (Å²) >= 11 is 0. The van der Waals surface area contributed by atoms with Gasteiger partial charge in [0, 0.05) is 22.6 Å². The van der Waals surface area contributed by atoms with Crippen molar-refractivity contribution in [3.8, 4) is 0 Å². The molecule has 14 heavy (non-hydrogen) atoms. The van der Waals surface area contributed by atoms with Crippen LogP contribution in [0.5, 0.6) is 0 Å². The second-order valence-electron chi connectivity index (χ2n) is 4.05. The average Bonchev–Trinajstić information content (AvgIpc) is 2.25. The Labute approximate surface area is 90.3 Å². The van der Waals surface area contributed by atoms with E-state index in [0.717, 1.165) is 18.7 Å². The molecule has 3 heteroatoms. The first kappa shape index (κ1) is 12.2. The topological polar surface area (TPSA) is 29.1 Å². The van der Waals surface area contributed by atoms with Crippen LogP contribution in [0.1, 0.15) is 46.0 Å². The molecule has 3 unspecified atom stereocenters. The van der Waals surface area contributed by atoms with Gasteiger partial charge in [-0.15, -0.1) is 0 Å². The summed E-state index contributed by atoms with van der Waals surface area (Å²) in [5, 5.41) is 3.96. The molecule has 0 aromatic rings. The Kier molecular flexibility index (Phi) is 5.71. The summed E-state index contributed by atoms with van der Waals surface area (Å²) in [6.45, 7) is 5.28. The summed E-state index contributed by atoms with van der Waals surface area (Å²) in [5.41, 5.74) is 0. The first-order chi connectivity index (χ1) is 6.79. The van der Waals surface area contributed by atoms with E-state index < -0.39 is 10.8 Å². The highest BCUT2D eigenvalue weighted by Crippen LogP contribution is 2.23. The molecule has 0 amide bonds. The summed E-state index contributed by atoms with van der Waals surface area (Å²) in [4.78, 5) is 0. The van der Waals surface area contributed by atoms with E-state index in [4.69, 9.17) is 0 Å². The highest BCUT2D eigenvalue weighted by Gasteiger charge is 2.28. The third-order valence-electron chi connectivity index (χ3n) is 2.98. The average molecular weight is 217 g/mol. The molecule has 0 spiro atoms. The highest BCUT2D eigenvalue weighted by atomic mass is 32.2. The zero-order valence-corrected chi connectivity index (χ0v) is 10.2. The second-order valence-corrected chi connectivity index (χ2v) is 6.00. The van der Waals surface area contributed by atoms with Crippen LogP contribution in [-0.4, -0.2) is 27.8 Å². The molecule has 0 heterocycles. The van der Waals surface area contributed by atoms with Gasteiger partial charge in [0.25, 0.3) is 0 Å². The van der Waals surface area contributed by atoms with Gasteiger partial charge in [-0.3, -0.25) is 4.21 Å². The van der Waals surface area contributed by atoms with Crippen LogP contribution >= 0.6 is 0 Å². The van der Waals surface area contributed by atoms with Gasteiger partial charge in [0.05, 0.1) is 5.25 Å². The van der Waals surface area contributed by atoms with Crippen LogP contribution in [-0.2, 0) is 10.8 Å². The molecule has 0 bridgehead atoms. The molecule has 0 aliphatic heterocycles. The molecule has 2 nitrogen and oxygen atoms in total. The predicted molar refractivity (Wildman–Crippen MR) is 63.0 cm³/mol. The lowest BCUT2D eigenvalue weighted by Crippen LogP contribution is -2.45. The minimum Gasteiger partial charge on any atom is -0.313 e. The minimum atomic E-state index is -0.609. The Hall–Kier alpha value is 0.110. The van der Waals surface area contributed by atoms with Crippen LogP contribution in [0.2, 0.25) is 0 Å². The summed E-state index contributed by atoms with van der Waals surface area (Å²) in [7, 11) is -0.609. The molecule has 3 atom stereocenters. The van der Waals surface area contributed by atoms with E-state index >= 15 is 0 Å². The van der Waals surface area contributed by atoms with Crippen LogP contribution in [0.15, 0.2) is 0 Å². The number of nitrogens with one attached hydrogen (secondary N) is 1. The third-order valence-corrected chi connectivity index (χ3v) is 4.79. The summed E-state index contributed by atoms with van der Waals surface area (Å²) < 4.78 is 11.8. The number of hydrogen-bond donors (Lipinski definition) is 1. The van der Waals surface area contributed by atoms with E-state index in [2.05, 4.69) is 12.2 Å². The van der Waals surface area contributed by atoms with E-state index in [9.17, 15) is 4.21 Å². The van der Waals surface area contributed by atoms with Gasteiger partial charge in [0.1, 0.15) is 0 Å². The van der Waals surface area contributed by atoms with Crippen molar-refractivity contribution < 1.29 is 4.21 Å². The highest BCUT2D eigenvalue weighted by molar-refractivity contribution is 7.85. The van der Waals surface area contributed by atoms with Crippen molar-refractivity contribution in [1.29, 1.82) is 0 Å². The number of rotatable bonds is 5. The molecule has 1 fully saturated rings. The fourth-order valence-electron chi connectivity index (χ4n) is 2.19. The normalized spacial score (nSPS) is 30.1. The molecule has 1 N–H and O–H groups in total. The summed E-state index contributed by atoms with van der Waals surface area (Å²) in [6.07, 6.45) is 6.11. The second kappa shape index (κ2) is 6.57. The maximum absolute atomic E-state index is 11.8. The maximum Gasteiger partial charge on any atom is 0.0501 e. The summed E-state index contributed by atoms with van der Waals surface area (Å²) in [5.74, 6) is 0.814. The molecule has 1 saturated carbocycles. The molecule has 0 aromatic carbocycles. The molecule has 1 aliphatic rings. The van der Waals surface area contributed by atoms with Gasteiger partial charge < -0.3 is 5.32 Å². The lowest BCUT2D eigenvalue weighted by Gasteiger charge is -2.31. The van der Waals surface area contributed by atoms with E-state index in [1.54, 1.807) is 0 Å². The zero-order chi connectivity index (χ0) is 10.4. The van der Waals surface area contributed by atoms with Crippen molar-refractivity contribution in [2.24, 2.45) is 0 Å². The third kappa shape index (κ3) is 3.35. The molecule has 0 aromatic heterocycles. The van der Waals surface area contributed by atoms with Gasteiger partial charge in [-0.1, -0.05) is 26.7 Å². The predicted octanol–water partition coefficient (Wildman–Crippen LogP) is 2.07. The van der Waals surface area contributed by atoms with Gasteiger partial charge in [-0.25, -0.2) is 0 Å². The molecule has 0 saturated heterocycles. The van der Waals surface area contributed by atoms with Crippen LogP contribution in [0, 0.1) is 0 Å². The van der Waals surface area contributed by atoms with Crippen molar-refractivity contribution in [1.82, 2.24) is 5.32 Å². The molecule has 84 valence electrons. The van der Waals surface area contributed by atoms with Crippen molar-refractivity contribution in [2.75, 3.05) is 12.3 Å². The smallest absolute Gasteiger partial charge is 0.0501 e. The Morgan fingerprint density at radius 1 is 1.29 bits per heavy atom. The van der Waals surface area contributed by atoms with Crippen LogP contribution in [0.4, 0.5) is 0 Å². The van der Waals surface area contributed by atoms with Crippen molar-refractivity contribution in [2.45, 2.75) is 57.2 Å². The van der Waals surface area contributed by atoms with Gasteiger partial charge in [0.15, 0.2) is 0 Å². The largest absolute Gasteiger partial charge is 0.313 e. The van der Waals surface area contributed by atoms with Crippen molar-refractivity contribution >= 4 is 10.8 Å². The van der Waals surface area contributed by atoms with Gasteiger partial charge in [-0.05, 0) is 25.8 Å². The van der Waals surface area contributed by atoms with Gasteiger partial charge in [0.2, 0.25) is 0 Å². The monoisotopic (exact) mass is 217 g/mol. The Morgan fingerprint density at radius 3 is 2.64 bits per heavy atom. The van der Waals surface area contributed by atoms with E-state index in [0.29, 0.717) is 11.3 Å². The lowest BCUT2D eigenvalue weighted by atomic mass is 9.95. The van der Waals surface area contributed by atoms with Crippen molar-refractivity contribution in [3.05, 3.63) is 0 Å². The van der Waals surface area contributed by atoms with Crippen LogP contribution in [0.25, 0.3) is 0 Å². The molecule has 1 rings (SSSR count). The molecular formula is C11H23NOS. The van der Waals surface area contributed by atoms with E-state index in [-0.39, 0.29) is 0 Å². The molecule has 1 aliphatic carbocycles. The fourth-order valence-corrected chi connectivity index (χ4v) is 3.65. The van der Waals surface area contributed by atoms with E-state index in [1.165, 1.54) is 25.7 Å². The van der Waals surface area contributed by atoms with Gasteiger partial charge in [-0.2, -0.15) is 0 Å². The molecule has 0 radical (unpaired) electrons. The lowest BCUT2D eigenvalue weighted by molar-refractivity contribution is 0.379. The molecular weight excluding hydrogens is 194 g/mol. The zero-order valence-electron chi connectivity index (χ0n) is 9.42. The first-order valence-corrected chi connectivity index (χ1v) is 7.28. The SMILES string of the molecule is CCCNC1CCCCC1S(=O)CC. The quantitative estimate of drug-likeness (QED) is 0.764. The fraction of sp³-hybridized carbons (Fsp3) is 1.00. The van der Waals surface area contributed by atoms with Crippen LogP contribution in [0.3, 0.4) is 0 Å². The minimum absolute atomic E-state index is 0.417. The Morgan fingerprint density at radius 2 is 2.00 bits per heavy atom. The summed E-state index contributed by atoms with van der Waals surface area (Å²) in [6, 6.07) is 0.518. The number of hydrogen-bond acceptors (Lipinski definition) is 2. The van der Waals surface area contributed by atoms with Crippen molar-refractivity contribution in [3.63, 3.8) is 0 Å². The Balaban J connectivity index is 2.45. The standard InChI is InChI=1S/C11H23NOS/c1-3-9-12-10-7-5-6-8-11(10)14(13)4-2/h10-12H,3-9H2,1-2H3. The first-order valence-electron chi connectivity index (χ1n) is 5.90. The Bertz CT molecular complexity index is 184.